The van der Waals surface area contributed by atoms with Crippen LogP contribution in [0, 0.1) is 0 Å². The summed E-state index contributed by atoms with van der Waals surface area (Å²) in [5.41, 5.74) is 1.06. The van der Waals surface area contributed by atoms with Crippen LogP contribution in [0.1, 0.15) is 53.0 Å². The molecule has 0 bridgehead atoms. The number of amides is 2. The molecule has 1 N–H and O–H groups in total. The number of halogens is 1. The zero-order valence-electron chi connectivity index (χ0n) is 17.9. The number of benzene rings is 2. The van der Waals surface area contributed by atoms with Crippen molar-refractivity contribution < 1.29 is 22.7 Å². The highest BCUT2D eigenvalue weighted by Crippen LogP contribution is 2.35. The van der Waals surface area contributed by atoms with Crippen molar-refractivity contribution in [1.29, 1.82) is 0 Å². The minimum atomic E-state index is -3.97. The molecule has 0 atom stereocenters. The summed E-state index contributed by atoms with van der Waals surface area (Å²) in [7, 11) is -3.97. The van der Waals surface area contributed by atoms with Gasteiger partial charge >= 0.3 is 0 Å². The summed E-state index contributed by atoms with van der Waals surface area (Å²) in [6.07, 6.45) is 1.48. The Morgan fingerprint density at radius 2 is 1.81 bits per heavy atom. The Kier molecular flexibility index (Phi) is 6.04. The van der Waals surface area contributed by atoms with E-state index in [0.29, 0.717) is 24.8 Å². The average molecular weight is 477 g/mol. The van der Waals surface area contributed by atoms with E-state index in [1.165, 1.54) is 18.2 Å². The van der Waals surface area contributed by atoms with Gasteiger partial charge in [0.2, 0.25) is 0 Å². The highest BCUT2D eigenvalue weighted by atomic mass is 35.5. The Hall–Kier alpha value is -2.42. The van der Waals surface area contributed by atoms with Gasteiger partial charge in [-0.15, -0.1) is 0 Å². The molecule has 2 amide bonds. The topological polar surface area (TPSA) is 92.8 Å². The van der Waals surface area contributed by atoms with E-state index in [1.807, 2.05) is 24.3 Å². The second kappa shape index (κ2) is 8.50. The van der Waals surface area contributed by atoms with E-state index in [0.717, 1.165) is 22.7 Å². The number of ether oxygens (including phenoxy) is 1. The van der Waals surface area contributed by atoms with Crippen molar-refractivity contribution in [2.75, 3.05) is 19.8 Å². The lowest BCUT2D eigenvalue weighted by atomic mass is 9.74. The van der Waals surface area contributed by atoms with Gasteiger partial charge in [0.15, 0.2) is 0 Å². The first-order valence-corrected chi connectivity index (χ1v) is 12.3. The molecule has 2 aromatic rings. The van der Waals surface area contributed by atoms with Gasteiger partial charge in [0, 0.05) is 41.8 Å². The van der Waals surface area contributed by atoms with Crippen LogP contribution in [0.4, 0.5) is 0 Å². The fourth-order valence-corrected chi connectivity index (χ4v) is 6.30. The molecule has 9 heteroatoms. The maximum atomic E-state index is 13.0. The monoisotopic (exact) mass is 476 g/mol. The Morgan fingerprint density at radius 1 is 1.16 bits per heavy atom. The van der Waals surface area contributed by atoms with Crippen LogP contribution in [0.2, 0.25) is 5.02 Å². The summed E-state index contributed by atoms with van der Waals surface area (Å²) in [6.45, 7) is 4.82. The fraction of sp³-hybridized carbons (Fsp3) is 0.391. The number of sulfonamides is 1. The Balaban J connectivity index is 1.58. The first kappa shape index (κ1) is 22.8. The zero-order valence-corrected chi connectivity index (χ0v) is 19.5. The van der Waals surface area contributed by atoms with E-state index < -0.39 is 27.9 Å². The van der Waals surface area contributed by atoms with Crippen molar-refractivity contribution in [3.63, 3.8) is 0 Å². The molecule has 1 fully saturated rings. The van der Waals surface area contributed by atoms with Crippen LogP contribution in [0.3, 0.4) is 0 Å². The van der Waals surface area contributed by atoms with Crippen LogP contribution >= 0.6 is 11.6 Å². The van der Waals surface area contributed by atoms with Gasteiger partial charge in [-0.1, -0.05) is 23.7 Å². The average Bonchev–Trinajstić information content (AvgIpc) is 2.98. The molecule has 170 valence electrons. The molecule has 2 heterocycles. The number of carbonyl (C=O) groups is 2. The molecule has 0 aromatic heterocycles. The van der Waals surface area contributed by atoms with E-state index in [4.69, 9.17) is 16.3 Å². The molecular formula is C23H25ClN2O5S. The lowest BCUT2D eigenvalue weighted by molar-refractivity contribution is 0.0487. The molecule has 0 spiro atoms. The molecule has 1 saturated heterocycles. The Morgan fingerprint density at radius 3 is 2.44 bits per heavy atom. The van der Waals surface area contributed by atoms with Gasteiger partial charge in [-0.25, -0.2) is 12.7 Å². The highest BCUT2D eigenvalue weighted by molar-refractivity contribution is 7.90. The lowest BCUT2D eigenvalue weighted by Crippen LogP contribution is -2.44. The molecule has 4 rings (SSSR count). The van der Waals surface area contributed by atoms with Crippen molar-refractivity contribution >= 4 is 33.4 Å². The van der Waals surface area contributed by atoms with Crippen LogP contribution in [-0.4, -0.2) is 50.3 Å². The zero-order chi connectivity index (χ0) is 23.1. The van der Waals surface area contributed by atoms with Crippen molar-refractivity contribution in [2.24, 2.45) is 0 Å². The van der Waals surface area contributed by atoms with Gasteiger partial charge in [-0.05, 0) is 62.6 Å². The summed E-state index contributed by atoms with van der Waals surface area (Å²) in [4.78, 5) is 25.4. The minimum absolute atomic E-state index is 0.0947. The van der Waals surface area contributed by atoms with Crippen LogP contribution < -0.4 is 5.32 Å². The van der Waals surface area contributed by atoms with Crippen LogP contribution in [-0.2, 0) is 20.2 Å². The molecular weight excluding hydrogens is 452 g/mol. The third-order valence-electron chi connectivity index (χ3n) is 6.17. The largest absolute Gasteiger partial charge is 0.381 e. The molecule has 7 nitrogen and oxygen atoms in total. The molecule has 0 aliphatic carbocycles. The number of hydrogen-bond acceptors (Lipinski definition) is 5. The molecule has 2 aliphatic rings. The fourth-order valence-electron chi connectivity index (χ4n) is 4.38. The van der Waals surface area contributed by atoms with Gasteiger partial charge in [-0.2, -0.15) is 0 Å². The normalized spacial score (nSPS) is 19.1. The number of nitrogens with one attached hydrogen (secondary N) is 1. The summed E-state index contributed by atoms with van der Waals surface area (Å²) >= 11 is 6.04. The van der Waals surface area contributed by atoms with Crippen LogP contribution in [0.25, 0.3) is 0 Å². The molecule has 2 aromatic carbocycles. The third-order valence-corrected chi connectivity index (χ3v) is 8.42. The quantitative estimate of drug-likeness (QED) is 0.714. The SMILES string of the molecule is CC(C)N1C(=O)c2ccc(C(=O)NCC3(c4ccc(Cl)cc4)CCOCC3)cc2S1(=O)=O. The molecule has 0 radical (unpaired) electrons. The summed E-state index contributed by atoms with van der Waals surface area (Å²) in [6, 6.07) is 11.3. The van der Waals surface area contributed by atoms with E-state index in [1.54, 1.807) is 13.8 Å². The van der Waals surface area contributed by atoms with Gasteiger partial charge in [0.1, 0.15) is 4.90 Å². The smallest absolute Gasteiger partial charge is 0.269 e. The summed E-state index contributed by atoms with van der Waals surface area (Å²) in [5.74, 6) is -0.955. The number of hydrogen-bond donors (Lipinski definition) is 1. The van der Waals surface area contributed by atoms with Gasteiger partial charge in [0.25, 0.3) is 21.8 Å². The number of fused-ring (bicyclic) bond motifs is 1. The molecule has 32 heavy (non-hydrogen) atoms. The number of carbonyl (C=O) groups excluding carboxylic acids is 2. The van der Waals surface area contributed by atoms with Gasteiger partial charge in [0.05, 0.1) is 5.56 Å². The highest BCUT2D eigenvalue weighted by Gasteiger charge is 2.43. The molecule has 2 aliphatic heterocycles. The van der Waals surface area contributed by atoms with E-state index in [-0.39, 0.29) is 21.4 Å². The second-order valence-corrected chi connectivity index (χ2v) is 10.7. The van der Waals surface area contributed by atoms with Crippen molar-refractivity contribution in [3.05, 3.63) is 64.2 Å². The molecule has 0 unspecified atom stereocenters. The van der Waals surface area contributed by atoms with E-state index in [2.05, 4.69) is 5.32 Å². The van der Waals surface area contributed by atoms with Crippen molar-refractivity contribution in [1.82, 2.24) is 9.62 Å². The summed E-state index contributed by atoms with van der Waals surface area (Å²) in [5, 5.41) is 3.61. The maximum absolute atomic E-state index is 13.0. The third kappa shape index (κ3) is 3.91. The standard InChI is InChI=1S/C23H25ClN2O5S/c1-15(2)26-22(28)19-8-3-16(13-20(19)32(26,29)30)21(27)25-14-23(9-11-31-12-10-23)17-4-6-18(24)7-5-17/h3-8,13,15H,9-12,14H2,1-2H3,(H,25,27). The van der Waals surface area contributed by atoms with Crippen LogP contribution in [0.15, 0.2) is 47.4 Å². The van der Waals surface area contributed by atoms with E-state index >= 15 is 0 Å². The molecule has 0 saturated carbocycles. The minimum Gasteiger partial charge on any atom is -0.381 e. The van der Waals surface area contributed by atoms with Gasteiger partial charge in [-0.3, -0.25) is 9.59 Å². The second-order valence-electron chi connectivity index (χ2n) is 8.49. The maximum Gasteiger partial charge on any atom is 0.269 e. The first-order valence-electron chi connectivity index (χ1n) is 10.5. The van der Waals surface area contributed by atoms with Crippen molar-refractivity contribution in [3.8, 4) is 0 Å². The first-order chi connectivity index (χ1) is 15.2. The van der Waals surface area contributed by atoms with Crippen LogP contribution in [0.5, 0.6) is 0 Å². The predicted molar refractivity (Wildman–Crippen MR) is 120 cm³/mol. The lowest BCUT2D eigenvalue weighted by Gasteiger charge is -2.38. The Labute approximate surface area is 192 Å². The van der Waals surface area contributed by atoms with E-state index in [9.17, 15) is 18.0 Å². The van der Waals surface area contributed by atoms with Crippen molar-refractivity contribution in [2.45, 2.75) is 43.0 Å². The number of rotatable bonds is 5. The van der Waals surface area contributed by atoms with Gasteiger partial charge < -0.3 is 10.1 Å². The summed E-state index contributed by atoms with van der Waals surface area (Å²) < 4.78 is 32.0. The predicted octanol–water partition coefficient (Wildman–Crippen LogP) is 3.37. The number of nitrogens with zero attached hydrogens (tertiary/aromatic N) is 1. The Bertz CT molecular complexity index is 1160.